The highest BCUT2D eigenvalue weighted by Crippen LogP contribution is 2.24. The average molecular weight is 381 g/mol. The maximum absolute atomic E-state index is 12.5. The maximum atomic E-state index is 12.5. The number of ether oxygens (including phenoxy) is 2. The SMILES string of the molecule is COC1=NCc2cc(CC(=O)N[C@H](C)c3ccccc3)nc(COC(C)=O)c21. The minimum absolute atomic E-state index is 0.00985. The van der Waals surface area contributed by atoms with Gasteiger partial charge in [0, 0.05) is 6.92 Å². The zero-order valence-corrected chi connectivity index (χ0v) is 16.2. The third-order valence-electron chi connectivity index (χ3n) is 4.46. The van der Waals surface area contributed by atoms with E-state index >= 15 is 0 Å². The second kappa shape index (κ2) is 8.65. The van der Waals surface area contributed by atoms with Crippen LogP contribution in [0.1, 0.15) is 48.0 Å². The molecule has 2 heterocycles. The Morgan fingerprint density at radius 3 is 2.68 bits per heavy atom. The molecule has 0 saturated heterocycles. The number of esters is 1. The van der Waals surface area contributed by atoms with Crippen LogP contribution >= 0.6 is 0 Å². The number of carbonyl (C=O) groups is 2. The molecule has 0 fully saturated rings. The van der Waals surface area contributed by atoms with E-state index in [0.717, 1.165) is 16.7 Å². The number of hydrogen-bond donors (Lipinski definition) is 1. The quantitative estimate of drug-likeness (QED) is 0.777. The molecule has 7 heteroatoms. The van der Waals surface area contributed by atoms with Crippen LogP contribution in [0.5, 0.6) is 0 Å². The van der Waals surface area contributed by atoms with Crippen molar-refractivity contribution in [2.75, 3.05) is 7.11 Å². The zero-order valence-electron chi connectivity index (χ0n) is 16.2. The number of nitrogens with zero attached hydrogens (tertiary/aromatic N) is 2. The van der Waals surface area contributed by atoms with E-state index in [4.69, 9.17) is 9.47 Å². The maximum Gasteiger partial charge on any atom is 0.303 e. The number of nitrogens with one attached hydrogen (secondary N) is 1. The third-order valence-corrected chi connectivity index (χ3v) is 4.46. The summed E-state index contributed by atoms with van der Waals surface area (Å²) in [5.41, 5.74) is 3.83. The normalized spacial score (nSPS) is 13.3. The fourth-order valence-electron chi connectivity index (χ4n) is 3.16. The number of benzene rings is 1. The van der Waals surface area contributed by atoms with E-state index in [1.165, 1.54) is 14.0 Å². The lowest BCUT2D eigenvalue weighted by Crippen LogP contribution is -2.28. The van der Waals surface area contributed by atoms with Crippen LogP contribution in [0.3, 0.4) is 0 Å². The van der Waals surface area contributed by atoms with Crippen molar-refractivity contribution in [1.29, 1.82) is 0 Å². The highest BCUT2D eigenvalue weighted by atomic mass is 16.5. The lowest BCUT2D eigenvalue weighted by molar-refractivity contribution is -0.142. The fourth-order valence-corrected chi connectivity index (χ4v) is 3.16. The van der Waals surface area contributed by atoms with Gasteiger partial charge in [-0.15, -0.1) is 0 Å². The van der Waals surface area contributed by atoms with E-state index in [9.17, 15) is 9.59 Å². The Balaban J connectivity index is 1.76. The van der Waals surface area contributed by atoms with Crippen LogP contribution in [0.25, 0.3) is 0 Å². The standard InChI is InChI=1S/C21H23N3O4/c1-13(15-7-5-4-6-8-15)23-19(26)10-17-9-16-11-22-21(27-3)20(16)18(24-17)12-28-14(2)25/h4-9,13H,10-12H2,1-3H3,(H,23,26)/t13-/m1/s1. The van der Waals surface area contributed by atoms with Gasteiger partial charge in [0.2, 0.25) is 11.8 Å². The molecule has 0 spiro atoms. The van der Waals surface area contributed by atoms with Crippen LogP contribution in [0, 0.1) is 0 Å². The van der Waals surface area contributed by atoms with Crippen molar-refractivity contribution >= 4 is 17.8 Å². The van der Waals surface area contributed by atoms with Crippen molar-refractivity contribution in [3.8, 4) is 0 Å². The summed E-state index contributed by atoms with van der Waals surface area (Å²) in [6.45, 7) is 3.74. The second-order valence-electron chi connectivity index (χ2n) is 6.58. The summed E-state index contributed by atoms with van der Waals surface area (Å²) in [5, 5.41) is 2.98. The summed E-state index contributed by atoms with van der Waals surface area (Å²) in [5.74, 6) is -0.0595. The van der Waals surface area contributed by atoms with Gasteiger partial charge in [-0.3, -0.25) is 14.6 Å². The average Bonchev–Trinajstić information content (AvgIpc) is 3.09. The van der Waals surface area contributed by atoms with Gasteiger partial charge in [0.05, 0.1) is 43.1 Å². The first-order valence-corrected chi connectivity index (χ1v) is 9.06. The van der Waals surface area contributed by atoms with Gasteiger partial charge in [-0.1, -0.05) is 30.3 Å². The van der Waals surface area contributed by atoms with E-state index in [0.29, 0.717) is 23.8 Å². The van der Waals surface area contributed by atoms with Crippen LogP contribution in [0.2, 0.25) is 0 Å². The van der Waals surface area contributed by atoms with E-state index < -0.39 is 5.97 Å². The van der Waals surface area contributed by atoms with E-state index in [-0.39, 0.29) is 25.0 Å². The molecule has 28 heavy (non-hydrogen) atoms. The zero-order chi connectivity index (χ0) is 20.1. The molecule has 1 aliphatic heterocycles. The number of aromatic nitrogens is 1. The van der Waals surface area contributed by atoms with Crippen molar-refractivity contribution in [1.82, 2.24) is 10.3 Å². The number of carbonyl (C=O) groups excluding carboxylic acids is 2. The smallest absolute Gasteiger partial charge is 0.303 e. The van der Waals surface area contributed by atoms with Crippen molar-refractivity contribution in [3.05, 3.63) is 64.5 Å². The lowest BCUT2D eigenvalue weighted by Gasteiger charge is -2.15. The van der Waals surface area contributed by atoms with E-state index in [2.05, 4.69) is 15.3 Å². The summed E-state index contributed by atoms with van der Waals surface area (Å²) in [7, 11) is 1.54. The van der Waals surface area contributed by atoms with Gasteiger partial charge >= 0.3 is 5.97 Å². The molecule has 3 rings (SSSR count). The van der Waals surface area contributed by atoms with Gasteiger partial charge in [-0.05, 0) is 24.1 Å². The Hall–Kier alpha value is -3.22. The Morgan fingerprint density at radius 2 is 2.00 bits per heavy atom. The summed E-state index contributed by atoms with van der Waals surface area (Å²) in [6.07, 6.45) is 0.125. The number of fused-ring (bicyclic) bond motifs is 1. The van der Waals surface area contributed by atoms with Crippen molar-refractivity contribution < 1.29 is 19.1 Å². The fraction of sp³-hybridized carbons (Fsp3) is 0.333. The number of aliphatic imine (C=N–C) groups is 1. The molecule has 1 aromatic heterocycles. The molecule has 1 N–H and O–H groups in total. The summed E-state index contributed by atoms with van der Waals surface area (Å²) in [6, 6.07) is 11.5. The molecule has 7 nitrogen and oxygen atoms in total. The minimum atomic E-state index is -0.399. The molecule has 1 atom stereocenters. The predicted molar refractivity (Wildman–Crippen MR) is 104 cm³/mol. The molecule has 0 saturated carbocycles. The summed E-state index contributed by atoms with van der Waals surface area (Å²) < 4.78 is 10.4. The molecule has 0 radical (unpaired) electrons. The first kappa shape index (κ1) is 19.5. The van der Waals surface area contributed by atoms with Crippen LogP contribution in [-0.4, -0.2) is 29.9 Å². The molecular weight excluding hydrogens is 358 g/mol. The molecular formula is C21H23N3O4. The molecule has 0 bridgehead atoms. The monoisotopic (exact) mass is 381 g/mol. The first-order chi connectivity index (χ1) is 13.5. The van der Waals surface area contributed by atoms with Gasteiger partial charge < -0.3 is 14.8 Å². The lowest BCUT2D eigenvalue weighted by atomic mass is 10.1. The predicted octanol–water partition coefficient (Wildman–Crippen LogP) is 2.47. The molecule has 0 unspecified atom stereocenters. The molecule has 1 aliphatic rings. The Labute approximate surface area is 163 Å². The number of methoxy groups -OCH3 is 1. The van der Waals surface area contributed by atoms with Gasteiger partial charge in [0.1, 0.15) is 6.61 Å². The number of pyridine rings is 1. The second-order valence-corrected chi connectivity index (χ2v) is 6.58. The Morgan fingerprint density at radius 1 is 1.25 bits per heavy atom. The topological polar surface area (TPSA) is 89.9 Å². The van der Waals surface area contributed by atoms with Gasteiger partial charge in [-0.25, -0.2) is 4.99 Å². The summed E-state index contributed by atoms with van der Waals surface area (Å²) >= 11 is 0. The van der Waals surface area contributed by atoms with E-state index in [1.54, 1.807) is 0 Å². The molecule has 146 valence electrons. The highest BCUT2D eigenvalue weighted by Gasteiger charge is 2.24. The highest BCUT2D eigenvalue weighted by molar-refractivity contribution is 5.98. The van der Waals surface area contributed by atoms with Crippen molar-refractivity contribution in [3.63, 3.8) is 0 Å². The first-order valence-electron chi connectivity index (χ1n) is 9.06. The molecule has 1 amide bonds. The Kier molecular flexibility index (Phi) is 6.03. The molecule has 0 aliphatic carbocycles. The largest absolute Gasteiger partial charge is 0.481 e. The Bertz CT molecular complexity index is 909. The van der Waals surface area contributed by atoms with Crippen molar-refractivity contribution in [2.24, 2.45) is 4.99 Å². The number of rotatable bonds is 6. The molecule has 1 aromatic carbocycles. The van der Waals surface area contributed by atoms with Gasteiger partial charge in [0.15, 0.2) is 0 Å². The summed E-state index contributed by atoms with van der Waals surface area (Å²) in [4.78, 5) is 32.6. The van der Waals surface area contributed by atoms with Crippen LogP contribution in [0.4, 0.5) is 0 Å². The van der Waals surface area contributed by atoms with Gasteiger partial charge in [0.25, 0.3) is 0 Å². The number of hydrogen-bond acceptors (Lipinski definition) is 6. The van der Waals surface area contributed by atoms with Crippen LogP contribution in [0.15, 0.2) is 41.4 Å². The van der Waals surface area contributed by atoms with Crippen LogP contribution < -0.4 is 5.32 Å². The molecule has 2 aromatic rings. The van der Waals surface area contributed by atoms with Gasteiger partial charge in [-0.2, -0.15) is 0 Å². The van der Waals surface area contributed by atoms with Crippen LogP contribution in [-0.2, 0) is 38.6 Å². The van der Waals surface area contributed by atoms with E-state index in [1.807, 2.05) is 43.3 Å². The van der Waals surface area contributed by atoms with Crippen molar-refractivity contribution in [2.45, 2.75) is 39.5 Å². The third kappa shape index (κ3) is 4.54. The minimum Gasteiger partial charge on any atom is -0.481 e. The number of amides is 1.